The summed E-state index contributed by atoms with van der Waals surface area (Å²) in [6, 6.07) is 0. The third-order valence-corrected chi connectivity index (χ3v) is 0. The van der Waals surface area contributed by atoms with Gasteiger partial charge in [-0.3, -0.25) is 0 Å². The van der Waals surface area contributed by atoms with E-state index in [1.807, 2.05) is 0 Å². The molecule has 0 aromatic rings. The molecule has 0 rings (SSSR count). The molecule has 0 spiro atoms. The zero-order valence-electron chi connectivity index (χ0n) is 3.94. The molecule has 0 radical (unpaired) electrons. The first kappa shape index (κ1) is 22.5. The Kier molecular flexibility index (Phi) is 29.5. The standard InChI is InChI=1S/Al.Ca.La.4O.Sb/q+3;+2;+3;;3*-1;. The molecule has 0 aliphatic carbocycles. The Morgan fingerprint density at radius 3 is 1.12 bits per heavy atom. The zero-order valence-corrected chi connectivity index (χ0v) is 13.5. The van der Waals surface area contributed by atoms with E-state index in [9.17, 15) is 0 Å². The van der Waals surface area contributed by atoms with Gasteiger partial charge in [0.15, 0.2) is 0 Å². The molecule has 32 valence electrons. The summed E-state index contributed by atoms with van der Waals surface area (Å²) in [5.74, 6) is 0. The van der Waals surface area contributed by atoms with Crippen LogP contribution in [-0.2, 0) is 3.02 Å². The topological polar surface area (TPSA) is 86.2 Å². The normalized spacial score (nSPS) is 7.38. The molecule has 8 heavy (non-hydrogen) atoms. The molecule has 0 saturated heterocycles. The summed E-state index contributed by atoms with van der Waals surface area (Å²) in [6.07, 6.45) is 0. The van der Waals surface area contributed by atoms with Crippen LogP contribution >= 0.6 is 0 Å². The van der Waals surface area contributed by atoms with Gasteiger partial charge in [0.2, 0.25) is 0 Å². The van der Waals surface area contributed by atoms with E-state index in [0.717, 1.165) is 0 Å². The van der Waals surface area contributed by atoms with E-state index < -0.39 is 20.1 Å². The zero-order chi connectivity index (χ0) is 4.50. The maximum atomic E-state index is 8.64. The Bertz CT molecular complexity index is 62.2. The van der Waals surface area contributed by atoms with Crippen LogP contribution in [0.5, 0.6) is 0 Å². The quantitative estimate of drug-likeness (QED) is 0.388. The van der Waals surface area contributed by atoms with Crippen molar-refractivity contribution >= 4 is 75.2 Å². The fraction of sp³-hybridized carbons (Fsp3) is 0. The van der Waals surface area contributed by atoms with Gasteiger partial charge in [-0.15, -0.1) is 0 Å². The summed E-state index contributed by atoms with van der Waals surface area (Å²) in [7, 11) is 0. The van der Waals surface area contributed by atoms with Crippen LogP contribution in [0.4, 0.5) is 0 Å². The molecular formula is AlCaLaO4Sb+5. The summed E-state index contributed by atoms with van der Waals surface area (Å²) in [5.41, 5.74) is 0. The molecule has 0 fully saturated rings. The molecule has 0 atom stereocenters. The van der Waals surface area contributed by atoms with Crippen LogP contribution in [0.3, 0.4) is 0 Å². The number of hydrogen-bond donors (Lipinski definition) is 0. The summed E-state index contributed by atoms with van der Waals surface area (Å²) >= 11 is -6.10. The van der Waals surface area contributed by atoms with Crippen LogP contribution in [0.2, 0.25) is 0 Å². The molecule has 0 unspecified atom stereocenters. The van der Waals surface area contributed by atoms with Crippen molar-refractivity contribution in [2.24, 2.45) is 0 Å². The average molecular weight is 392 g/mol. The fourth-order valence-electron chi connectivity index (χ4n) is 0. The van der Waals surface area contributed by atoms with Crippen LogP contribution in [0.15, 0.2) is 0 Å². The van der Waals surface area contributed by atoms with E-state index in [-0.39, 0.29) is 90.7 Å². The van der Waals surface area contributed by atoms with Crippen molar-refractivity contribution in [2.45, 2.75) is 0 Å². The molecule has 8 heteroatoms. The summed E-state index contributed by atoms with van der Waals surface area (Å²) < 4.78 is 34.6. The molecule has 0 aromatic heterocycles. The van der Waals surface area contributed by atoms with Gasteiger partial charge in [0.1, 0.15) is 0 Å². The molecule has 0 saturated carbocycles. The van der Waals surface area contributed by atoms with Gasteiger partial charge in [0.25, 0.3) is 0 Å². The van der Waals surface area contributed by atoms with Crippen molar-refractivity contribution in [1.82, 2.24) is 0 Å². The molecule has 4 nitrogen and oxygen atoms in total. The Hall–Kier alpha value is 3.49. The second-order valence-corrected chi connectivity index (χ2v) is 3.00. The number of rotatable bonds is 0. The van der Waals surface area contributed by atoms with Crippen molar-refractivity contribution < 1.29 is 48.8 Å². The second-order valence-electron chi connectivity index (χ2n) is 0.447. The predicted molar refractivity (Wildman–Crippen MR) is 17.9 cm³/mol. The van der Waals surface area contributed by atoms with Gasteiger partial charge in [-0.1, -0.05) is 0 Å². The summed E-state index contributed by atoms with van der Waals surface area (Å²) in [5, 5.41) is 0. The monoisotopic (exact) mass is 391 g/mol. The molecule has 0 bridgehead atoms. The van der Waals surface area contributed by atoms with Gasteiger partial charge in [0, 0.05) is 0 Å². The predicted octanol–water partition coefficient (Wildman–Crippen LogP) is -4.83. The van der Waals surface area contributed by atoms with Gasteiger partial charge in [0.05, 0.1) is 0 Å². The van der Waals surface area contributed by atoms with Gasteiger partial charge in [-0.25, -0.2) is 0 Å². The van der Waals surface area contributed by atoms with Crippen LogP contribution in [0.1, 0.15) is 0 Å². The Morgan fingerprint density at radius 2 is 1.12 bits per heavy atom. The molecule has 0 N–H and O–H groups in total. The fourth-order valence-corrected chi connectivity index (χ4v) is 0. The first-order valence-corrected chi connectivity index (χ1v) is 4.90. The third-order valence-electron chi connectivity index (χ3n) is 0. The number of hydrogen-bond acceptors (Lipinski definition) is 4. The average Bonchev–Trinajstić information content (AvgIpc) is 0.722. The molecule has 0 amide bonds. The molecule has 0 aliphatic heterocycles. The van der Waals surface area contributed by atoms with E-state index in [1.165, 1.54) is 0 Å². The van der Waals surface area contributed by atoms with Crippen molar-refractivity contribution in [3.8, 4) is 0 Å². The minimum atomic E-state index is -6.10. The van der Waals surface area contributed by atoms with Crippen molar-refractivity contribution in [2.75, 3.05) is 0 Å². The second kappa shape index (κ2) is 10.5. The summed E-state index contributed by atoms with van der Waals surface area (Å²) in [6.45, 7) is 0. The Balaban J connectivity index is -0.0000000267. The van der Waals surface area contributed by atoms with E-state index in [4.69, 9.17) is 13.2 Å². The van der Waals surface area contributed by atoms with E-state index in [2.05, 4.69) is 0 Å². The Morgan fingerprint density at radius 1 is 1.12 bits per heavy atom. The van der Waals surface area contributed by atoms with E-state index in [0.29, 0.717) is 0 Å². The maximum absolute atomic E-state index is 8.64. The SMILES string of the molecule is [Al+3].[Ca+2].[La+3].[O]=[Sb]([O-])([O-])[O-]. The van der Waals surface area contributed by atoms with Gasteiger partial charge in [-0.2, -0.15) is 0 Å². The molecule has 0 heterocycles. The van der Waals surface area contributed by atoms with Gasteiger partial charge < -0.3 is 0 Å². The molecule has 0 aromatic carbocycles. The first-order chi connectivity index (χ1) is 2.00. The van der Waals surface area contributed by atoms with Crippen molar-refractivity contribution in [1.29, 1.82) is 0 Å². The van der Waals surface area contributed by atoms with Crippen molar-refractivity contribution in [3.63, 3.8) is 0 Å². The van der Waals surface area contributed by atoms with Crippen LogP contribution in [0, 0.1) is 35.6 Å². The molecule has 0 aliphatic rings. The summed E-state index contributed by atoms with van der Waals surface area (Å²) in [4.78, 5) is 0. The van der Waals surface area contributed by atoms with Gasteiger partial charge in [-0.05, 0) is 0 Å². The van der Waals surface area contributed by atoms with E-state index in [1.54, 1.807) is 0 Å². The van der Waals surface area contributed by atoms with Crippen LogP contribution < -0.4 is 10.2 Å². The van der Waals surface area contributed by atoms with E-state index >= 15 is 0 Å². The van der Waals surface area contributed by atoms with Crippen molar-refractivity contribution in [3.05, 3.63) is 0 Å². The Labute approximate surface area is 121 Å². The van der Waals surface area contributed by atoms with Crippen LogP contribution in [-0.4, -0.2) is 75.2 Å². The van der Waals surface area contributed by atoms with Gasteiger partial charge >= 0.3 is 124 Å². The third kappa shape index (κ3) is 56.2. The first-order valence-electron chi connectivity index (χ1n) is 0.730. The van der Waals surface area contributed by atoms with Crippen LogP contribution in [0.25, 0.3) is 0 Å². The molecular weight excluding hydrogens is 392 g/mol. The minimum absolute atomic E-state index is 0.